The molecular formula is C22H24F2O2. The summed E-state index contributed by atoms with van der Waals surface area (Å²) in [5.41, 5.74) is 1.72. The van der Waals surface area contributed by atoms with E-state index >= 15 is 0 Å². The summed E-state index contributed by atoms with van der Waals surface area (Å²) in [7, 11) is 0. The summed E-state index contributed by atoms with van der Waals surface area (Å²) in [5, 5.41) is 0. The van der Waals surface area contributed by atoms with Gasteiger partial charge in [-0.2, -0.15) is 0 Å². The highest BCUT2D eigenvalue weighted by atomic mass is 19.1. The number of carbonyl (C=O) groups excluding carboxylic acids is 2. The molecule has 2 aromatic rings. The topological polar surface area (TPSA) is 34.1 Å². The van der Waals surface area contributed by atoms with Crippen molar-refractivity contribution >= 4 is 11.6 Å². The number of carbonyl (C=O) groups is 2. The number of hydrogen-bond acceptors (Lipinski definition) is 2. The second kappa shape index (κ2) is 9.37. The normalized spacial score (nSPS) is 18.8. The van der Waals surface area contributed by atoms with E-state index in [9.17, 15) is 18.4 Å². The number of Topliss-reactive ketones (excluding diaryl/α,β-unsaturated/α-hetero) is 2. The van der Waals surface area contributed by atoms with E-state index in [2.05, 4.69) is 0 Å². The molecule has 0 spiro atoms. The van der Waals surface area contributed by atoms with E-state index < -0.39 is 0 Å². The van der Waals surface area contributed by atoms with E-state index in [-0.39, 0.29) is 23.3 Å². The summed E-state index contributed by atoms with van der Waals surface area (Å²) < 4.78 is 25.0. The maximum Gasteiger partial charge on any atom is 0.159 e. The molecule has 0 aliphatic heterocycles. The number of ketones is 2. The maximum absolute atomic E-state index is 12.7. The molecule has 4 heteroatoms. The Bertz CT molecular complexity index is 736. The van der Waals surface area contributed by atoms with Crippen LogP contribution in [-0.2, 0) is 11.2 Å². The average Bonchev–Trinajstić information content (AvgIpc) is 3.07. The lowest BCUT2D eigenvalue weighted by Crippen LogP contribution is -2.07. The van der Waals surface area contributed by atoms with Crippen LogP contribution in [0, 0.1) is 23.5 Å². The Labute approximate surface area is 153 Å². The van der Waals surface area contributed by atoms with Crippen molar-refractivity contribution in [2.45, 2.75) is 39.5 Å². The Balaban J connectivity index is 0.000000209. The average molecular weight is 358 g/mol. The molecule has 138 valence electrons. The first-order valence-corrected chi connectivity index (χ1v) is 8.86. The van der Waals surface area contributed by atoms with Crippen LogP contribution < -0.4 is 0 Å². The van der Waals surface area contributed by atoms with Gasteiger partial charge in [-0.1, -0.05) is 12.1 Å². The van der Waals surface area contributed by atoms with Crippen molar-refractivity contribution in [1.29, 1.82) is 0 Å². The van der Waals surface area contributed by atoms with E-state index in [0.29, 0.717) is 17.3 Å². The monoisotopic (exact) mass is 358 g/mol. The van der Waals surface area contributed by atoms with E-state index in [1.165, 1.54) is 48.9 Å². The highest BCUT2D eigenvalue weighted by Gasteiger charge is 2.27. The zero-order valence-corrected chi connectivity index (χ0v) is 15.2. The van der Waals surface area contributed by atoms with Gasteiger partial charge in [0.05, 0.1) is 0 Å². The molecule has 1 aliphatic carbocycles. The number of benzene rings is 2. The zero-order chi connectivity index (χ0) is 19.1. The molecule has 0 amide bonds. The minimum Gasteiger partial charge on any atom is -0.300 e. The van der Waals surface area contributed by atoms with Crippen LogP contribution in [0.2, 0.25) is 0 Å². The van der Waals surface area contributed by atoms with Crippen LogP contribution in [0.1, 0.15) is 49.0 Å². The summed E-state index contributed by atoms with van der Waals surface area (Å²) in [5.74, 6) is 0.646. The quantitative estimate of drug-likeness (QED) is 0.686. The van der Waals surface area contributed by atoms with Crippen LogP contribution in [0.4, 0.5) is 8.78 Å². The highest BCUT2D eigenvalue weighted by molar-refractivity contribution is 5.93. The van der Waals surface area contributed by atoms with Crippen molar-refractivity contribution in [3.05, 3.63) is 71.3 Å². The lowest BCUT2D eigenvalue weighted by atomic mass is 9.96. The van der Waals surface area contributed by atoms with Gasteiger partial charge in [0, 0.05) is 11.5 Å². The van der Waals surface area contributed by atoms with Crippen LogP contribution in [0.15, 0.2) is 48.5 Å². The Morgan fingerprint density at radius 1 is 0.885 bits per heavy atom. The molecule has 0 unspecified atom stereocenters. The zero-order valence-electron chi connectivity index (χ0n) is 15.2. The van der Waals surface area contributed by atoms with Crippen LogP contribution in [0.25, 0.3) is 0 Å². The number of halogens is 2. The van der Waals surface area contributed by atoms with E-state index in [0.717, 1.165) is 25.7 Å². The third-order valence-electron chi connectivity index (χ3n) is 4.80. The molecule has 0 aromatic heterocycles. The van der Waals surface area contributed by atoms with E-state index in [1.807, 2.05) is 12.1 Å². The van der Waals surface area contributed by atoms with Crippen molar-refractivity contribution in [3.8, 4) is 0 Å². The standard InChI is InChI=1S/C14H17FO.C8H7FO/c1-10(16)13-5-2-12(9-13)8-11-3-6-14(15)7-4-11;1-6(10)7-2-4-8(9)5-3-7/h3-4,6-7,12-13H,2,5,8-9H2,1H3;2-5H,1H3/t12-,13+;/m1./s1. The number of rotatable bonds is 4. The summed E-state index contributed by atoms with van der Waals surface area (Å²) in [4.78, 5) is 21.9. The molecular weight excluding hydrogens is 334 g/mol. The van der Waals surface area contributed by atoms with Gasteiger partial charge in [-0.3, -0.25) is 9.59 Å². The molecule has 2 aromatic carbocycles. The van der Waals surface area contributed by atoms with Crippen molar-refractivity contribution in [2.24, 2.45) is 11.8 Å². The van der Waals surface area contributed by atoms with Gasteiger partial charge in [0.2, 0.25) is 0 Å². The van der Waals surface area contributed by atoms with Gasteiger partial charge in [0.1, 0.15) is 17.4 Å². The van der Waals surface area contributed by atoms with Gasteiger partial charge in [-0.05, 0) is 87.4 Å². The first kappa shape index (κ1) is 20.0. The van der Waals surface area contributed by atoms with Crippen molar-refractivity contribution < 1.29 is 18.4 Å². The fraction of sp³-hybridized carbons (Fsp3) is 0.364. The van der Waals surface area contributed by atoms with Crippen LogP contribution in [-0.4, -0.2) is 11.6 Å². The minimum absolute atomic E-state index is 0.0417. The van der Waals surface area contributed by atoms with Gasteiger partial charge in [-0.15, -0.1) is 0 Å². The lowest BCUT2D eigenvalue weighted by Gasteiger charge is -2.09. The smallest absolute Gasteiger partial charge is 0.159 e. The van der Waals surface area contributed by atoms with Crippen LogP contribution >= 0.6 is 0 Å². The molecule has 1 saturated carbocycles. The first-order chi connectivity index (χ1) is 12.3. The Morgan fingerprint density at radius 2 is 1.42 bits per heavy atom. The number of hydrogen-bond donors (Lipinski definition) is 0. The van der Waals surface area contributed by atoms with Crippen molar-refractivity contribution in [2.75, 3.05) is 0 Å². The van der Waals surface area contributed by atoms with Gasteiger partial charge in [-0.25, -0.2) is 8.78 Å². The molecule has 3 rings (SSSR count). The second-order valence-electron chi connectivity index (χ2n) is 6.88. The first-order valence-electron chi connectivity index (χ1n) is 8.86. The van der Waals surface area contributed by atoms with Crippen LogP contribution in [0.5, 0.6) is 0 Å². The third kappa shape index (κ3) is 6.17. The SMILES string of the molecule is CC(=O)[C@H]1CC[C@H](Cc2ccc(F)cc2)C1.CC(=O)c1ccc(F)cc1. The second-order valence-corrected chi connectivity index (χ2v) is 6.88. The third-order valence-corrected chi connectivity index (χ3v) is 4.80. The van der Waals surface area contributed by atoms with Gasteiger partial charge < -0.3 is 0 Å². The van der Waals surface area contributed by atoms with Gasteiger partial charge >= 0.3 is 0 Å². The molecule has 26 heavy (non-hydrogen) atoms. The fourth-order valence-electron chi connectivity index (χ4n) is 3.27. The molecule has 0 saturated heterocycles. The molecule has 2 atom stereocenters. The molecule has 1 fully saturated rings. The molecule has 0 heterocycles. The summed E-state index contributed by atoms with van der Waals surface area (Å²) in [6.45, 7) is 3.14. The van der Waals surface area contributed by atoms with Gasteiger partial charge in [0.25, 0.3) is 0 Å². The molecule has 0 radical (unpaired) electrons. The minimum atomic E-state index is -0.315. The molecule has 0 N–H and O–H groups in total. The summed E-state index contributed by atoms with van der Waals surface area (Å²) >= 11 is 0. The maximum atomic E-state index is 12.7. The Hall–Kier alpha value is -2.36. The predicted octanol–water partition coefficient (Wildman–Crippen LogP) is 5.40. The van der Waals surface area contributed by atoms with Crippen molar-refractivity contribution in [3.63, 3.8) is 0 Å². The lowest BCUT2D eigenvalue weighted by molar-refractivity contribution is -0.120. The Morgan fingerprint density at radius 3 is 1.88 bits per heavy atom. The van der Waals surface area contributed by atoms with Gasteiger partial charge in [0.15, 0.2) is 5.78 Å². The largest absolute Gasteiger partial charge is 0.300 e. The predicted molar refractivity (Wildman–Crippen MR) is 98.0 cm³/mol. The molecule has 0 bridgehead atoms. The molecule has 2 nitrogen and oxygen atoms in total. The van der Waals surface area contributed by atoms with E-state index in [1.54, 1.807) is 6.92 Å². The van der Waals surface area contributed by atoms with E-state index in [4.69, 9.17) is 0 Å². The van der Waals surface area contributed by atoms with Crippen molar-refractivity contribution in [1.82, 2.24) is 0 Å². The fourth-order valence-corrected chi connectivity index (χ4v) is 3.27. The summed E-state index contributed by atoms with van der Waals surface area (Å²) in [6.07, 6.45) is 4.14. The molecule has 1 aliphatic rings. The summed E-state index contributed by atoms with van der Waals surface area (Å²) in [6, 6.07) is 12.2. The van der Waals surface area contributed by atoms with Crippen LogP contribution in [0.3, 0.4) is 0 Å². The Kier molecular flexibility index (Phi) is 7.19. The highest BCUT2D eigenvalue weighted by Crippen LogP contribution is 2.33.